The van der Waals surface area contributed by atoms with Crippen LogP contribution in [0.2, 0.25) is 0 Å². The van der Waals surface area contributed by atoms with Gasteiger partial charge in [-0.1, -0.05) is 6.07 Å². The van der Waals surface area contributed by atoms with Gasteiger partial charge >= 0.3 is 0 Å². The zero-order chi connectivity index (χ0) is 24.6. The van der Waals surface area contributed by atoms with Gasteiger partial charge in [0.05, 0.1) is 19.7 Å². The number of carbonyl (C=O) groups is 1. The minimum Gasteiger partial charge on any atom is -0.481 e. The molecule has 0 bridgehead atoms. The molecule has 1 amide bonds. The van der Waals surface area contributed by atoms with Crippen molar-refractivity contribution in [3.63, 3.8) is 0 Å². The minimum absolute atomic E-state index is 0.127. The number of aromatic nitrogens is 3. The van der Waals surface area contributed by atoms with Gasteiger partial charge < -0.3 is 19.3 Å². The molecule has 3 aromatic rings. The van der Waals surface area contributed by atoms with Crippen molar-refractivity contribution in [2.24, 2.45) is 0 Å². The van der Waals surface area contributed by atoms with Crippen LogP contribution in [-0.2, 0) is 28.9 Å². The molecule has 0 N–H and O–H groups in total. The number of rotatable bonds is 4. The third kappa shape index (κ3) is 4.13. The summed E-state index contributed by atoms with van der Waals surface area (Å²) in [6.07, 6.45) is 6.70. The molecule has 0 radical (unpaired) electrons. The maximum Gasteiger partial charge on any atom is 0.219 e. The van der Waals surface area contributed by atoms with Gasteiger partial charge in [0.15, 0.2) is 5.82 Å². The quantitative estimate of drug-likeness (QED) is 0.547. The van der Waals surface area contributed by atoms with Crippen molar-refractivity contribution < 1.29 is 14.3 Å². The SMILES string of the molecule is COc1cc(-c2ccc3c(c2)CCCN3c2nn(C3CCOCC3)c3c2CN(C(C)=O)CC3)ccn1. The van der Waals surface area contributed by atoms with Crippen LogP contribution in [-0.4, -0.2) is 59.0 Å². The third-order valence-electron chi connectivity index (χ3n) is 7.78. The number of methoxy groups -OCH3 is 1. The van der Waals surface area contributed by atoms with E-state index in [4.69, 9.17) is 14.6 Å². The van der Waals surface area contributed by atoms with E-state index in [1.54, 1.807) is 20.2 Å². The molecule has 0 spiro atoms. The van der Waals surface area contributed by atoms with Gasteiger partial charge in [0.2, 0.25) is 11.8 Å². The Kier molecular flexibility index (Phi) is 6.13. The number of carbonyl (C=O) groups excluding carboxylic acids is 1. The van der Waals surface area contributed by atoms with E-state index in [2.05, 4.69) is 32.8 Å². The maximum absolute atomic E-state index is 12.3. The van der Waals surface area contributed by atoms with Gasteiger partial charge in [0, 0.05) is 68.9 Å². The summed E-state index contributed by atoms with van der Waals surface area (Å²) in [6, 6.07) is 11.0. The van der Waals surface area contributed by atoms with Crippen molar-refractivity contribution >= 4 is 17.4 Å². The summed E-state index contributed by atoms with van der Waals surface area (Å²) in [5.41, 5.74) is 7.29. The molecular formula is C28H33N5O3. The molecule has 188 valence electrons. The molecular weight excluding hydrogens is 454 g/mol. The number of benzene rings is 1. The van der Waals surface area contributed by atoms with Crippen molar-refractivity contribution in [2.75, 3.05) is 38.3 Å². The molecule has 1 saturated heterocycles. The fraction of sp³-hybridized carbons (Fsp3) is 0.464. The van der Waals surface area contributed by atoms with Crippen molar-refractivity contribution in [1.29, 1.82) is 0 Å². The Bertz CT molecular complexity index is 1280. The van der Waals surface area contributed by atoms with Gasteiger partial charge in [-0.15, -0.1) is 0 Å². The standard InChI is InChI=1S/C28H33N5O3/c1-19(34)31-13-8-26-24(18-31)28(30-33(26)23-9-14-36-15-10-23)32-12-3-4-22-16-20(5-6-25(22)32)21-7-11-29-27(17-21)35-2/h5-7,11,16-17,23H,3-4,8-10,12-15,18H2,1-2H3. The molecule has 1 fully saturated rings. The van der Waals surface area contributed by atoms with Gasteiger partial charge in [-0.3, -0.25) is 9.48 Å². The van der Waals surface area contributed by atoms with Crippen LogP contribution < -0.4 is 9.64 Å². The Morgan fingerprint density at radius 3 is 2.72 bits per heavy atom. The van der Waals surface area contributed by atoms with Crippen molar-refractivity contribution in [3.05, 3.63) is 53.3 Å². The molecule has 8 nitrogen and oxygen atoms in total. The summed E-state index contributed by atoms with van der Waals surface area (Å²) < 4.78 is 13.2. The van der Waals surface area contributed by atoms with E-state index < -0.39 is 0 Å². The van der Waals surface area contributed by atoms with E-state index in [9.17, 15) is 4.79 Å². The Labute approximate surface area is 211 Å². The van der Waals surface area contributed by atoms with Crippen molar-refractivity contribution in [3.8, 4) is 17.0 Å². The van der Waals surface area contributed by atoms with Crippen LogP contribution in [0.15, 0.2) is 36.5 Å². The van der Waals surface area contributed by atoms with E-state index in [-0.39, 0.29) is 5.91 Å². The number of hydrogen-bond acceptors (Lipinski definition) is 6. The Balaban J connectivity index is 1.40. The minimum atomic E-state index is 0.127. The molecule has 1 aromatic carbocycles. The fourth-order valence-corrected chi connectivity index (χ4v) is 5.84. The average molecular weight is 488 g/mol. The van der Waals surface area contributed by atoms with Gasteiger partial charge in [0.25, 0.3) is 0 Å². The number of fused-ring (bicyclic) bond motifs is 2. The number of ether oxygens (including phenoxy) is 2. The molecule has 0 atom stereocenters. The largest absolute Gasteiger partial charge is 0.481 e. The molecule has 0 saturated carbocycles. The summed E-state index contributed by atoms with van der Waals surface area (Å²) >= 11 is 0. The number of pyridine rings is 1. The average Bonchev–Trinajstić information content (AvgIpc) is 3.31. The van der Waals surface area contributed by atoms with Gasteiger partial charge in [-0.05, 0) is 60.6 Å². The molecule has 5 heterocycles. The summed E-state index contributed by atoms with van der Waals surface area (Å²) in [5, 5.41) is 5.26. The third-order valence-corrected chi connectivity index (χ3v) is 7.78. The van der Waals surface area contributed by atoms with E-state index in [1.165, 1.54) is 22.5 Å². The number of amides is 1. The van der Waals surface area contributed by atoms with Crippen molar-refractivity contribution in [1.82, 2.24) is 19.7 Å². The van der Waals surface area contributed by atoms with Crippen molar-refractivity contribution in [2.45, 2.75) is 51.6 Å². The summed E-state index contributed by atoms with van der Waals surface area (Å²) in [6.45, 7) is 5.54. The summed E-state index contributed by atoms with van der Waals surface area (Å²) in [5.74, 6) is 1.76. The monoisotopic (exact) mass is 487 g/mol. The first-order valence-electron chi connectivity index (χ1n) is 13.0. The highest BCUT2D eigenvalue weighted by atomic mass is 16.5. The smallest absolute Gasteiger partial charge is 0.219 e. The fourth-order valence-electron chi connectivity index (χ4n) is 5.84. The molecule has 3 aliphatic rings. The predicted octanol–water partition coefficient (Wildman–Crippen LogP) is 4.29. The molecule has 6 rings (SSSR count). The summed E-state index contributed by atoms with van der Waals surface area (Å²) in [7, 11) is 1.64. The zero-order valence-electron chi connectivity index (χ0n) is 21.1. The van der Waals surface area contributed by atoms with Crippen LogP contribution >= 0.6 is 0 Å². The zero-order valence-corrected chi connectivity index (χ0v) is 21.1. The van der Waals surface area contributed by atoms with Crippen LogP contribution in [0.5, 0.6) is 5.88 Å². The van der Waals surface area contributed by atoms with Crippen LogP contribution in [0.1, 0.15) is 49.0 Å². The van der Waals surface area contributed by atoms with Crippen LogP contribution in [0.25, 0.3) is 11.1 Å². The van der Waals surface area contributed by atoms with Crippen LogP contribution in [0.3, 0.4) is 0 Å². The Morgan fingerprint density at radius 2 is 1.92 bits per heavy atom. The molecule has 2 aromatic heterocycles. The second-order valence-corrected chi connectivity index (χ2v) is 9.91. The molecule has 3 aliphatic heterocycles. The van der Waals surface area contributed by atoms with E-state index in [1.807, 2.05) is 17.0 Å². The van der Waals surface area contributed by atoms with Crippen LogP contribution in [0, 0.1) is 0 Å². The lowest BCUT2D eigenvalue weighted by Gasteiger charge is -2.33. The molecule has 0 unspecified atom stereocenters. The lowest BCUT2D eigenvalue weighted by atomic mass is 9.96. The highest BCUT2D eigenvalue weighted by molar-refractivity contribution is 5.76. The lowest BCUT2D eigenvalue weighted by Crippen LogP contribution is -2.36. The highest BCUT2D eigenvalue weighted by Gasteiger charge is 2.33. The normalized spacial score (nSPS) is 18.1. The molecule has 8 heteroatoms. The van der Waals surface area contributed by atoms with Gasteiger partial charge in [-0.25, -0.2) is 4.98 Å². The first-order chi connectivity index (χ1) is 17.6. The first-order valence-corrected chi connectivity index (χ1v) is 13.0. The maximum atomic E-state index is 12.3. The van der Waals surface area contributed by atoms with E-state index in [0.717, 1.165) is 75.4 Å². The molecule has 36 heavy (non-hydrogen) atoms. The highest BCUT2D eigenvalue weighted by Crippen LogP contribution is 2.40. The second-order valence-electron chi connectivity index (χ2n) is 9.91. The Hall–Kier alpha value is -3.39. The second kappa shape index (κ2) is 9.58. The van der Waals surface area contributed by atoms with E-state index >= 15 is 0 Å². The van der Waals surface area contributed by atoms with Gasteiger partial charge in [0.1, 0.15) is 0 Å². The number of nitrogens with zero attached hydrogens (tertiary/aromatic N) is 5. The number of anilines is 2. The Morgan fingerprint density at radius 1 is 1.08 bits per heavy atom. The van der Waals surface area contributed by atoms with E-state index in [0.29, 0.717) is 18.5 Å². The van der Waals surface area contributed by atoms with Crippen LogP contribution in [0.4, 0.5) is 11.5 Å². The number of aryl methyl sites for hydroxylation is 1. The summed E-state index contributed by atoms with van der Waals surface area (Å²) in [4.78, 5) is 20.9. The predicted molar refractivity (Wildman–Crippen MR) is 138 cm³/mol. The molecule has 0 aliphatic carbocycles. The lowest BCUT2D eigenvalue weighted by molar-refractivity contribution is -0.129. The topological polar surface area (TPSA) is 72.7 Å². The van der Waals surface area contributed by atoms with Gasteiger partial charge in [-0.2, -0.15) is 5.10 Å². The first kappa shape index (κ1) is 23.0. The number of hydrogen-bond donors (Lipinski definition) is 0.